The van der Waals surface area contributed by atoms with Gasteiger partial charge >= 0.3 is 0 Å². The van der Waals surface area contributed by atoms with E-state index in [-0.39, 0.29) is 0 Å². The molecular weight excluding hydrogens is 308 g/mol. The van der Waals surface area contributed by atoms with Crippen LogP contribution in [0.3, 0.4) is 0 Å². The molecule has 23 heavy (non-hydrogen) atoms. The Bertz CT molecular complexity index is 631. The summed E-state index contributed by atoms with van der Waals surface area (Å²) in [4.78, 5) is 12.3. The molecule has 5 atom stereocenters. The molecule has 4 heteroatoms. The van der Waals surface area contributed by atoms with Crippen molar-refractivity contribution in [2.75, 3.05) is 6.54 Å². The molecular formula is C19H23ClN2O. The number of fused-ring (bicyclic) bond motifs is 1. The normalized spacial score (nSPS) is 38.9. The largest absolute Gasteiger partial charge is 0.272 e. The van der Waals surface area contributed by atoms with Gasteiger partial charge in [0.1, 0.15) is 0 Å². The van der Waals surface area contributed by atoms with Crippen molar-refractivity contribution in [3.8, 4) is 0 Å². The van der Waals surface area contributed by atoms with Crippen LogP contribution in [0.15, 0.2) is 24.3 Å². The Morgan fingerprint density at radius 3 is 2.57 bits per heavy atom. The van der Waals surface area contributed by atoms with Gasteiger partial charge in [-0.2, -0.15) is 0 Å². The molecule has 0 spiro atoms. The third-order valence-corrected chi connectivity index (χ3v) is 7.10. The highest BCUT2D eigenvalue weighted by Crippen LogP contribution is 2.59. The number of carbonyl (C=O) groups excluding carboxylic acids is 1. The molecule has 122 valence electrons. The summed E-state index contributed by atoms with van der Waals surface area (Å²) in [5.74, 6) is 4.01. The third-order valence-electron chi connectivity index (χ3n) is 6.84. The molecule has 4 aliphatic rings. The summed E-state index contributed by atoms with van der Waals surface area (Å²) in [6.07, 6.45) is 6.75. The number of halogens is 1. The Kier molecular flexibility index (Phi) is 3.24. The zero-order chi connectivity index (χ0) is 15.6. The fraction of sp³-hybridized carbons (Fsp3) is 0.632. The van der Waals surface area contributed by atoms with E-state index in [9.17, 15) is 4.79 Å². The predicted octanol–water partition coefficient (Wildman–Crippen LogP) is 3.72. The first kappa shape index (κ1) is 14.3. The number of nitrogens with zero attached hydrogens (tertiary/aromatic N) is 2. The van der Waals surface area contributed by atoms with Gasteiger partial charge in [-0.1, -0.05) is 23.7 Å². The van der Waals surface area contributed by atoms with E-state index in [0.29, 0.717) is 18.5 Å². The molecule has 1 aromatic rings. The fourth-order valence-corrected chi connectivity index (χ4v) is 5.84. The second kappa shape index (κ2) is 5.22. The minimum atomic E-state index is 0.322. The Hall–Kier alpha value is -1.06. The summed E-state index contributed by atoms with van der Waals surface area (Å²) in [7, 11) is 0. The van der Waals surface area contributed by atoms with Crippen molar-refractivity contribution >= 4 is 17.5 Å². The van der Waals surface area contributed by atoms with Crippen LogP contribution in [0.5, 0.6) is 0 Å². The lowest BCUT2D eigenvalue weighted by Crippen LogP contribution is -2.65. The van der Waals surface area contributed by atoms with Crippen LogP contribution in [0.2, 0.25) is 5.02 Å². The van der Waals surface area contributed by atoms with Crippen molar-refractivity contribution in [3.63, 3.8) is 0 Å². The van der Waals surface area contributed by atoms with Crippen molar-refractivity contribution in [2.45, 2.75) is 44.7 Å². The van der Waals surface area contributed by atoms with E-state index < -0.39 is 0 Å². The average molecular weight is 331 g/mol. The van der Waals surface area contributed by atoms with Gasteiger partial charge in [0.05, 0.1) is 12.6 Å². The molecule has 0 N–H and O–H groups in total. The highest BCUT2D eigenvalue weighted by molar-refractivity contribution is 6.30. The molecule has 1 amide bonds. The molecule has 0 aromatic heterocycles. The Labute approximate surface area is 142 Å². The Morgan fingerprint density at radius 1 is 1.00 bits per heavy atom. The monoisotopic (exact) mass is 330 g/mol. The number of hydrazine groups is 1. The molecule has 1 heterocycles. The topological polar surface area (TPSA) is 23.6 Å². The molecule has 2 bridgehead atoms. The lowest BCUT2D eigenvalue weighted by molar-refractivity contribution is -0.194. The number of hydrogen-bond donors (Lipinski definition) is 0. The summed E-state index contributed by atoms with van der Waals surface area (Å²) < 4.78 is 0. The lowest BCUT2D eigenvalue weighted by atomic mass is 9.64. The summed E-state index contributed by atoms with van der Waals surface area (Å²) >= 11 is 5.97. The van der Waals surface area contributed by atoms with Crippen LogP contribution in [0.25, 0.3) is 0 Å². The number of hydrogen-bond acceptors (Lipinski definition) is 2. The van der Waals surface area contributed by atoms with Crippen LogP contribution in [0.1, 0.15) is 37.7 Å². The smallest absolute Gasteiger partial charge is 0.253 e. The van der Waals surface area contributed by atoms with Crippen LogP contribution in [-0.2, 0) is 11.3 Å². The van der Waals surface area contributed by atoms with E-state index in [2.05, 4.69) is 22.2 Å². The van der Waals surface area contributed by atoms with E-state index in [0.717, 1.165) is 35.2 Å². The summed E-state index contributed by atoms with van der Waals surface area (Å²) in [5, 5.41) is 5.14. The van der Waals surface area contributed by atoms with Gasteiger partial charge in [-0.3, -0.25) is 9.80 Å². The van der Waals surface area contributed by atoms with Gasteiger partial charge in [0.25, 0.3) is 5.91 Å². The Morgan fingerprint density at radius 2 is 1.78 bits per heavy atom. The number of carbonyl (C=O) groups is 1. The number of rotatable bonds is 3. The van der Waals surface area contributed by atoms with Crippen LogP contribution >= 0.6 is 11.6 Å². The van der Waals surface area contributed by atoms with Gasteiger partial charge in [-0.25, -0.2) is 5.01 Å². The minimum absolute atomic E-state index is 0.322. The van der Waals surface area contributed by atoms with Gasteiger partial charge < -0.3 is 0 Å². The summed E-state index contributed by atoms with van der Waals surface area (Å²) in [6, 6.07) is 8.46. The molecule has 1 aliphatic heterocycles. The SMILES string of the molecule is O=C1CN(Cc2ccc(Cl)cc2)N1C1CCC2CC3CC1CC23. The fourth-order valence-electron chi connectivity index (χ4n) is 5.72. The molecule has 3 nitrogen and oxygen atoms in total. The van der Waals surface area contributed by atoms with Crippen molar-refractivity contribution in [1.29, 1.82) is 0 Å². The molecule has 3 aliphatic carbocycles. The van der Waals surface area contributed by atoms with Crippen LogP contribution in [0, 0.1) is 23.7 Å². The molecule has 1 saturated heterocycles. The maximum atomic E-state index is 12.3. The van der Waals surface area contributed by atoms with E-state index >= 15 is 0 Å². The van der Waals surface area contributed by atoms with Gasteiger partial charge in [0.15, 0.2) is 0 Å². The molecule has 5 rings (SSSR count). The minimum Gasteiger partial charge on any atom is -0.272 e. The standard InChI is InChI=1S/C19H23ClN2O/c20-16-4-1-12(2-5-16)10-21-11-19(23)22(21)18-6-3-13-7-14-8-15(18)9-17(13)14/h1-2,4-5,13-15,17-18H,3,6-11H2. The van der Waals surface area contributed by atoms with E-state index in [1.165, 1.54) is 37.7 Å². The highest BCUT2D eigenvalue weighted by atomic mass is 35.5. The first-order chi connectivity index (χ1) is 11.2. The third kappa shape index (κ3) is 2.24. The molecule has 0 radical (unpaired) electrons. The van der Waals surface area contributed by atoms with Crippen LogP contribution < -0.4 is 0 Å². The zero-order valence-electron chi connectivity index (χ0n) is 13.3. The van der Waals surface area contributed by atoms with E-state index in [1.807, 2.05) is 12.1 Å². The second-order valence-corrected chi connectivity index (χ2v) is 8.42. The summed E-state index contributed by atoms with van der Waals surface area (Å²) in [6.45, 7) is 1.39. The van der Waals surface area contributed by atoms with E-state index in [4.69, 9.17) is 11.6 Å². The first-order valence-corrected chi connectivity index (χ1v) is 9.38. The predicted molar refractivity (Wildman–Crippen MR) is 89.5 cm³/mol. The first-order valence-electron chi connectivity index (χ1n) is 9.00. The molecule has 4 fully saturated rings. The van der Waals surface area contributed by atoms with E-state index in [1.54, 1.807) is 0 Å². The second-order valence-electron chi connectivity index (χ2n) is 7.98. The van der Waals surface area contributed by atoms with Gasteiger partial charge in [-0.05, 0) is 73.5 Å². The summed E-state index contributed by atoms with van der Waals surface area (Å²) in [5.41, 5.74) is 1.23. The quantitative estimate of drug-likeness (QED) is 0.843. The maximum absolute atomic E-state index is 12.3. The molecule has 5 unspecified atom stereocenters. The van der Waals surface area contributed by atoms with Gasteiger partial charge in [0, 0.05) is 11.6 Å². The van der Waals surface area contributed by atoms with Crippen molar-refractivity contribution in [1.82, 2.24) is 10.0 Å². The maximum Gasteiger partial charge on any atom is 0.253 e. The number of amides is 1. The molecule has 3 saturated carbocycles. The molecule has 1 aromatic carbocycles. The van der Waals surface area contributed by atoms with Crippen LogP contribution in [-0.4, -0.2) is 28.5 Å². The van der Waals surface area contributed by atoms with Crippen molar-refractivity contribution < 1.29 is 4.79 Å². The van der Waals surface area contributed by atoms with Crippen molar-refractivity contribution in [3.05, 3.63) is 34.9 Å². The Balaban J connectivity index is 1.32. The van der Waals surface area contributed by atoms with Gasteiger partial charge in [-0.15, -0.1) is 0 Å². The highest BCUT2D eigenvalue weighted by Gasteiger charge is 2.54. The zero-order valence-corrected chi connectivity index (χ0v) is 14.1. The lowest BCUT2D eigenvalue weighted by Gasteiger charge is -2.50. The van der Waals surface area contributed by atoms with Crippen LogP contribution in [0.4, 0.5) is 0 Å². The van der Waals surface area contributed by atoms with Gasteiger partial charge in [0.2, 0.25) is 0 Å². The average Bonchev–Trinajstić information content (AvgIpc) is 2.76. The van der Waals surface area contributed by atoms with Crippen molar-refractivity contribution in [2.24, 2.45) is 23.7 Å². The number of benzene rings is 1.